The van der Waals surface area contributed by atoms with Gasteiger partial charge in [0, 0.05) is 16.8 Å². The van der Waals surface area contributed by atoms with E-state index in [1.807, 2.05) is 54.6 Å². The minimum atomic E-state index is -2.57. The zero-order valence-corrected chi connectivity index (χ0v) is 11.8. The Bertz CT molecular complexity index is 790. The normalized spacial score (nSPS) is 12.0. The molecule has 21 heavy (non-hydrogen) atoms. The summed E-state index contributed by atoms with van der Waals surface area (Å²) in [5.41, 5.74) is 1.85. The van der Waals surface area contributed by atoms with Crippen molar-refractivity contribution in [3.8, 4) is 5.75 Å². The molecule has 3 aromatic carbocycles. The Morgan fingerprint density at radius 2 is 1.76 bits per heavy atom. The predicted octanol–water partition coefficient (Wildman–Crippen LogP) is 3.76. The maximum Gasteiger partial charge on any atom is 0.139 e. The molecule has 0 aliphatic heterocycles. The van der Waals surface area contributed by atoms with Crippen molar-refractivity contribution < 1.29 is 12.9 Å². The SMILES string of the molecule is O=S([O-])Oc1ccc2cccc(Nc3ccccc3)c2c1. The van der Waals surface area contributed by atoms with Crippen molar-refractivity contribution in [2.75, 3.05) is 5.32 Å². The number of para-hydroxylation sites is 1. The van der Waals surface area contributed by atoms with E-state index in [9.17, 15) is 8.76 Å². The van der Waals surface area contributed by atoms with Crippen molar-refractivity contribution >= 4 is 33.5 Å². The van der Waals surface area contributed by atoms with E-state index in [0.717, 1.165) is 22.1 Å². The van der Waals surface area contributed by atoms with Gasteiger partial charge in [-0.05, 0) is 35.7 Å². The van der Waals surface area contributed by atoms with Crippen molar-refractivity contribution in [2.24, 2.45) is 0 Å². The van der Waals surface area contributed by atoms with Crippen molar-refractivity contribution in [1.82, 2.24) is 0 Å². The van der Waals surface area contributed by atoms with E-state index in [4.69, 9.17) is 4.18 Å². The van der Waals surface area contributed by atoms with Crippen LogP contribution in [-0.2, 0) is 11.4 Å². The van der Waals surface area contributed by atoms with Gasteiger partial charge in [-0.3, -0.25) is 0 Å². The highest BCUT2D eigenvalue weighted by molar-refractivity contribution is 7.74. The molecule has 0 aromatic heterocycles. The topological polar surface area (TPSA) is 61.4 Å². The van der Waals surface area contributed by atoms with Crippen LogP contribution in [0.3, 0.4) is 0 Å². The fraction of sp³-hybridized carbons (Fsp3) is 0. The van der Waals surface area contributed by atoms with Crippen molar-refractivity contribution in [3.63, 3.8) is 0 Å². The Morgan fingerprint density at radius 3 is 2.52 bits per heavy atom. The molecule has 0 fully saturated rings. The Labute approximate surface area is 124 Å². The molecule has 4 nitrogen and oxygen atoms in total. The first kappa shape index (κ1) is 13.6. The summed E-state index contributed by atoms with van der Waals surface area (Å²) in [5.74, 6) is 0.290. The molecule has 1 atom stereocenters. The highest BCUT2D eigenvalue weighted by Gasteiger charge is 2.04. The molecule has 106 valence electrons. The van der Waals surface area contributed by atoms with Crippen molar-refractivity contribution in [2.45, 2.75) is 0 Å². The monoisotopic (exact) mass is 298 g/mol. The second-order valence-corrected chi connectivity index (χ2v) is 5.04. The van der Waals surface area contributed by atoms with Crippen molar-refractivity contribution in [3.05, 3.63) is 66.7 Å². The van der Waals surface area contributed by atoms with Gasteiger partial charge in [-0.15, -0.1) is 0 Å². The predicted molar refractivity (Wildman–Crippen MR) is 83.2 cm³/mol. The molecule has 0 saturated carbocycles. The van der Waals surface area contributed by atoms with Crippen LogP contribution in [0, 0.1) is 0 Å². The number of fused-ring (bicyclic) bond motifs is 1. The van der Waals surface area contributed by atoms with E-state index in [1.165, 1.54) is 0 Å². The molecule has 0 saturated heterocycles. The van der Waals surface area contributed by atoms with Gasteiger partial charge in [-0.2, -0.15) is 0 Å². The van der Waals surface area contributed by atoms with Gasteiger partial charge in [0.2, 0.25) is 0 Å². The summed E-state index contributed by atoms with van der Waals surface area (Å²) in [6.07, 6.45) is 0. The van der Waals surface area contributed by atoms with Gasteiger partial charge < -0.3 is 14.1 Å². The summed E-state index contributed by atoms with van der Waals surface area (Å²) >= 11 is -2.57. The highest BCUT2D eigenvalue weighted by atomic mass is 32.2. The van der Waals surface area contributed by atoms with Crippen LogP contribution in [0.25, 0.3) is 10.8 Å². The van der Waals surface area contributed by atoms with E-state index in [0.29, 0.717) is 0 Å². The van der Waals surface area contributed by atoms with E-state index >= 15 is 0 Å². The number of benzene rings is 3. The highest BCUT2D eigenvalue weighted by Crippen LogP contribution is 2.29. The van der Waals surface area contributed by atoms with Crippen LogP contribution in [0.2, 0.25) is 0 Å². The molecule has 3 rings (SSSR count). The van der Waals surface area contributed by atoms with Gasteiger partial charge in [0.15, 0.2) is 0 Å². The molecule has 1 N–H and O–H groups in total. The van der Waals surface area contributed by atoms with E-state index < -0.39 is 11.4 Å². The summed E-state index contributed by atoms with van der Waals surface area (Å²) in [4.78, 5) is 0. The molecule has 0 bridgehead atoms. The lowest BCUT2D eigenvalue weighted by Crippen LogP contribution is -1.98. The van der Waals surface area contributed by atoms with Crippen LogP contribution in [0.1, 0.15) is 0 Å². The third-order valence-electron chi connectivity index (χ3n) is 3.07. The smallest absolute Gasteiger partial charge is 0.139 e. The molecule has 0 radical (unpaired) electrons. The molecule has 5 heteroatoms. The standard InChI is InChI=1S/C16H13NO3S/c18-21(19)20-14-10-9-12-5-4-8-16(15(12)11-14)17-13-6-2-1-3-7-13/h1-11,17H,(H,18,19)/p-1. The first-order chi connectivity index (χ1) is 10.2. The first-order valence-electron chi connectivity index (χ1n) is 6.35. The van der Waals surface area contributed by atoms with Gasteiger partial charge in [0.25, 0.3) is 0 Å². The maximum atomic E-state index is 10.6. The fourth-order valence-corrected chi connectivity index (χ4v) is 2.43. The Balaban J connectivity index is 2.03. The average molecular weight is 298 g/mol. The minimum Gasteiger partial charge on any atom is -0.740 e. The van der Waals surface area contributed by atoms with Gasteiger partial charge in [-0.1, -0.05) is 36.4 Å². The van der Waals surface area contributed by atoms with Crippen molar-refractivity contribution in [1.29, 1.82) is 0 Å². The minimum absolute atomic E-state index is 0.290. The second-order valence-electron chi connectivity index (χ2n) is 4.47. The number of hydrogen-bond acceptors (Lipinski definition) is 4. The Kier molecular flexibility index (Phi) is 3.85. The number of rotatable bonds is 4. The molecular formula is C16H12NO3S-. The first-order valence-corrected chi connectivity index (χ1v) is 7.35. The lowest BCUT2D eigenvalue weighted by molar-refractivity contribution is 0.440. The van der Waals surface area contributed by atoms with E-state index in [-0.39, 0.29) is 5.75 Å². The van der Waals surface area contributed by atoms with Crippen LogP contribution in [0.5, 0.6) is 5.75 Å². The second kappa shape index (κ2) is 5.95. The summed E-state index contributed by atoms with van der Waals surface area (Å²) in [7, 11) is 0. The summed E-state index contributed by atoms with van der Waals surface area (Å²) in [6, 6.07) is 20.8. The molecule has 0 spiro atoms. The van der Waals surface area contributed by atoms with Crippen LogP contribution in [-0.4, -0.2) is 8.76 Å². The zero-order valence-electron chi connectivity index (χ0n) is 11.0. The largest absolute Gasteiger partial charge is 0.740 e. The summed E-state index contributed by atoms with van der Waals surface area (Å²) in [5, 5.41) is 5.21. The zero-order chi connectivity index (χ0) is 14.7. The van der Waals surface area contributed by atoms with E-state index in [2.05, 4.69) is 5.32 Å². The van der Waals surface area contributed by atoms with Crippen LogP contribution < -0.4 is 9.50 Å². The van der Waals surface area contributed by atoms with Gasteiger partial charge in [0.1, 0.15) is 17.1 Å². The maximum absolute atomic E-state index is 10.6. The third kappa shape index (κ3) is 3.21. The molecule has 0 aliphatic carbocycles. The van der Waals surface area contributed by atoms with Crippen LogP contribution in [0.15, 0.2) is 66.7 Å². The number of hydrogen-bond donors (Lipinski definition) is 1. The molecule has 0 amide bonds. The molecule has 0 heterocycles. The summed E-state index contributed by atoms with van der Waals surface area (Å²) in [6.45, 7) is 0. The summed E-state index contributed by atoms with van der Waals surface area (Å²) < 4.78 is 26.0. The van der Waals surface area contributed by atoms with Gasteiger partial charge in [-0.25, -0.2) is 4.21 Å². The van der Waals surface area contributed by atoms with Crippen LogP contribution >= 0.6 is 0 Å². The Hall–Kier alpha value is -2.37. The van der Waals surface area contributed by atoms with Crippen LogP contribution in [0.4, 0.5) is 11.4 Å². The van der Waals surface area contributed by atoms with Gasteiger partial charge in [0.05, 0.1) is 0 Å². The molecular weight excluding hydrogens is 286 g/mol. The molecule has 3 aromatic rings. The van der Waals surface area contributed by atoms with Gasteiger partial charge >= 0.3 is 0 Å². The Morgan fingerprint density at radius 1 is 0.952 bits per heavy atom. The lowest BCUT2D eigenvalue weighted by Gasteiger charge is -2.12. The molecule has 0 aliphatic rings. The molecule has 1 unspecified atom stereocenters. The average Bonchev–Trinajstić information content (AvgIpc) is 2.48. The lowest BCUT2D eigenvalue weighted by atomic mass is 10.1. The number of nitrogens with one attached hydrogen (secondary N) is 1. The van der Waals surface area contributed by atoms with E-state index in [1.54, 1.807) is 12.1 Å². The fourth-order valence-electron chi connectivity index (χ4n) is 2.17. The quantitative estimate of drug-likeness (QED) is 0.745. The third-order valence-corrected chi connectivity index (χ3v) is 3.40. The number of anilines is 2.